The second-order valence-electron chi connectivity index (χ2n) is 4.23. The van der Waals surface area contributed by atoms with E-state index in [0.717, 1.165) is 5.01 Å². The Kier molecular flexibility index (Phi) is 3.77. The van der Waals surface area contributed by atoms with Crippen LogP contribution in [-0.4, -0.2) is 21.9 Å². The lowest BCUT2D eigenvalue weighted by molar-refractivity contribution is 0.0578. The Bertz CT molecular complexity index is 372. The largest absolute Gasteiger partial charge is 0.442 e. The van der Waals surface area contributed by atoms with Crippen molar-refractivity contribution in [2.24, 2.45) is 5.84 Å². The number of carbonyl (C=O) groups excluding carboxylic acids is 1. The molecule has 0 unspecified atom stereocenters. The van der Waals surface area contributed by atoms with E-state index in [0.29, 0.717) is 11.4 Å². The summed E-state index contributed by atoms with van der Waals surface area (Å²) in [5.41, 5.74) is 0.0329. The van der Waals surface area contributed by atoms with Crippen LogP contribution in [0.15, 0.2) is 6.20 Å². The minimum Gasteiger partial charge on any atom is -0.442 e. The third kappa shape index (κ3) is 3.11. The zero-order valence-corrected chi connectivity index (χ0v) is 10.2. The van der Waals surface area contributed by atoms with Gasteiger partial charge in [0.1, 0.15) is 5.60 Å². The molecular formula is C9H15ClN4O2. The molecular weight excluding hydrogens is 232 g/mol. The predicted molar refractivity (Wildman–Crippen MR) is 61.0 cm³/mol. The number of alkyl halides is 1. The Morgan fingerprint density at radius 1 is 1.69 bits per heavy atom. The van der Waals surface area contributed by atoms with E-state index in [1.54, 1.807) is 20.8 Å². The second kappa shape index (κ2) is 4.71. The molecule has 1 rings (SSSR count). The van der Waals surface area contributed by atoms with E-state index in [4.69, 9.17) is 22.2 Å². The Morgan fingerprint density at radius 3 is 2.81 bits per heavy atom. The minimum absolute atomic E-state index is 0.211. The Hall–Kier alpha value is -1.27. The van der Waals surface area contributed by atoms with Crippen LogP contribution in [0.4, 0.5) is 10.6 Å². The van der Waals surface area contributed by atoms with Crippen LogP contribution in [-0.2, 0) is 10.6 Å². The van der Waals surface area contributed by atoms with Crippen molar-refractivity contribution in [3.05, 3.63) is 11.8 Å². The summed E-state index contributed by atoms with van der Waals surface area (Å²) in [4.78, 5) is 11.6. The second-order valence-corrected chi connectivity index (χ2v) is 4.50. The van der Waals surface area contributed by atoms with Crippen LogP contribution in [0.25, 0.3) is 0 Å². The number of hydrogen-bond donors (Lipinski definition) is 2. The monoisotopic (exact) mass is 246 g/mol. The SMILES string of the molecule is CC(C)(C)OC(=O)N(N)c1[nH]ncc1CCl. The molecule has 7 heteroatoms. The number of nitrogens with zero attached hydrogens (tertiary/aromatic N) is 2. The average Bonchev–Trinajstić information content (AvgIpc) is 2.61. The van der Waals surface area contributed by atoms with Crippen LogP contribution in [0, 0.1) is 0 Å². The Labute approximate surface area is 98.7 Å². The molecule has 0 aliphatic rings. The molecule has 6 nitrogen and oxygen atoms in total. The summed E-state index contributed by atoms with van der Waals surface area (Å²) in [6.07, 6.45) is 0.843. The molecule has 90 valence electrons. The van der Waals surface area contributed by atoms with Crippen molar-refractivity contribution in [3.63, 3.8) is 0 Å². The van der Waals surface area contributed by atoms with Crippen LogP contribution < -0.4 is 10.9 Å². The number of hydrogen-bond acceptors (Lipinski definition) is 4. The summed E-state index contributed by atoms with van der Waals surface area (Å²) >= 11 is 5.66. The van der Waals surface area contributed by atoms with Crippen molar-refractivity contribution in [2.45, 2.75) is 32.3 Å². The highest BCUT2D eigenvalue weighted by Gasteiger charge is 2.23. The van der Waals surface area contributed by atoms with E-state index < -0.39 is 11.7 Å². The number of amides is 1. The number of aromatic nitrogens is 2. The molecule has 0 bridgehead atoms. The van der Waals surface area contributed by atoms with Crippen LogP contribution in [0.3, 0.4) is 0 Å². The molecule has 3 N–H and O–H groups in total. The number of hydrazine groups is 1. The number of halogens is 1. The Morgan fingerprint density at radius 2 is 2.31 bits per heavy atom. The van der Waals surface area contributed by atoms with Gasteiger partial charge in [0, 0.05) is 5.56 Å². The van der Waals surface area contributed by atoms with Gasteiger partial charge in [-0.05, 0) is 20.8 Å². The van der Waals surface area contributed by atoms with Crippen LogP contribution in [0.1, 0.15) is 26.3 Å². The van der Waals surface area contributed by atoms with E-state index >= 15 is 0 Å². The summed E-state index contributed by atoms with van der Waals surface area (Å²) in [5.74, 6) is 6.14. The van der Waals surface area contributed by atoms with Gasteiger partial charge in [0.25, 0.3) is 0 Å². The van der Waals surface area contributed by atoms with Gasteiger partial charge in [0.15, 0.2) is 5.82 Å². The van der Waals surface area contributed by atoms with Crippen molar-refractivity contribution in [2.75, 3.05) is 5.01 Å². The molecule has 0 aliphatic carbocycles. The van der Waals surface area contributed by atoms with Gasteiger partial charge in [0.2, 0.25) is 0 Å². The summed E-state index contributed by atoms with van der Waals surface area (Å²) in [6, 6.07) is 0. The maximum absolute atomic E-state index is 11.6. The van der Waals surface area contributed by atoms with E-state index in [2.05, 4.69) is 10.2 Å². The van der Waals surface area contributed by atoms with E-state index in [1.807, 2.05) is 0 Å². The third-order valence-corrected chi connectivity index (χ3v) is 1.96. The summed E-state index contributed by atoms with van der Waals surface area (Å²) < 4.78 is 5.09. The summed E-state index contributed by atoms with van der Waals surface area (Å²) in [5, 5.41) is 7.20. The first-order valence-electron chi connectivity index (χ1n) is 4.71. The topological polar surface area (TPSA) is 84.2 Å². The van der Waals surface area contributed by atoms with E-state index in [1.165, 1.54) is 6.20 Å². The van der Waals surface area contributed by atoms with Gasteiger partial charge in [0.05, 0.1) is 12.1 Å². The van der Waals surface area contributed by atoms with Crippen LogP contribution in [0.2, 0.25) is 0 Å². The highest BCUT2D eigenvalue weighted by Crippen LogP contribution is 2.18. The van der Waals surface area contributed by atoms with E-state index in [-0.39, 0.29) is 5.88 Å². The van der Waals surface area contributed by atoms with Gasteiger partial charge in [-0.3, -0.25) is 5.10 Å². The first kappa shape index (κ1) is 12.8. The average molecular weight is 247 g/mol. The van der Waals surface area contributed by atoms with E-state index in [9.17, 15) is 4.79 Å². The van der Waals surface area contributed by atoms with Gasteiger partial charge < -0.3 is 4.74 Å². The van der Waals surface area contributed by atoms with Crippen molar-refractivity contribution in [1.82, 2.24) is 10.2 Å². The smallest absolute Gasteiger partial charge is 0.430 e. The van der Waals surface area contributed by atoms with Crippen molar-refractivity contribution in [1.29, 1.82) is 0 Å². The summed E-state index contributed by atoms with van der Waals surface area (Å²) in [7, 11) is 0. The molecule has 0 fully saturated rings. The highest BCUT2D eigenvalue weighted by molar-refractivity contribution is 6.17. The number of rotatable bonds is 2. The number of nitrogens with two attached hydrogens (primary N) is 1. The maximum Gasteiger partial charge on any atom is 0.430 e. The first-order chi connectivity index (χ1) is 7.35. The summed E-state index contributed by atoms with van der Waals surface area (Å²) in [6.45, 7) is 5.27. The number of carbonyl (C=O) groups is 1. The van der Waals surface area contributed by atoms with Crippen LogP contribution >= 0.6 is 11.6 Å². The molecule has 0 saturated heterocycles. The number of H-pyrrole nitrogens is 1. The van der Waals surface area contributed by atoms with Gasteiger partial charge >= 0.3 is 6.09 Å². The number of ether oxygens (including phenoxy) is 1. The molecule has 1 amide bonds. The molecule has 0 aliphatic heterocycles. The van der Waals surface area contributed by atoms with Crippen molar-refractivity contribution >= 4 is 23.5 Å². The van der Waals surface area contributed by atoms with Gasteiger partial charge in [-0.15, -0.1) is 11.6 Å². The number of aromatic amines is 1. The first-order valence-corrected chi connectivity index (χ1v) is 5.24. The fourth-order valence-electron chi connectivity index (χ4n) is 1.01. The fraction of sp³-hybridized carbons (Fsp3) is 0.556. The molecule has 0 saturated carbocycles. The molecule has 0 aromatic carbocycles. The lowest BCUT2D eigenvalue weighted by Gasteiger charge is -2.23. The van der Waals surface area contributed by atoms with Crippen molar-refractivity contribution < 1.29 is 9.53 Å². The number of nitrogens with one attached hydrogen (secondary N) is 1. The van der Waals surface area contributed by atoms with Gasteiger partial charge in [-0.1, -0.05) is 0 Å². The Balaban J connectivity index is 2.78. The lowest BCUT2D eigenvalue weighted by Crippen LogP contribution is -2.42. The fourth-order valence-corrected chi connectivity index (χ4v) is 1.21. The molecule has 1 aromatic rings. The van der Waals surface area contributed by atoms with Gasteiger partial charge in [-0.25, -0.2) is 10.6 Å². The number of anilines is 1. The van der Waals surface area contributed by atoms with Gasteiger partial charge in [-0.2, -0.15) is 10.1 Å². The molecule has 1 aromatic heterocycles. The molecule has 0 spiro atoms. The van der Waals surface area contributed by atoms with Crippen molar-refractivity contribution in [3.8, 4) is 0 Å². The predicted octanol–water partition coefficient (Wildman–Crippen LogP) is 1.76. The highest BCUT2D eigenvalue weighted by atomic mass is 35.5. The zero-order valence-electron chi connectivity index (χ0n) is 9.45. The lowest BCUT2D eigenvalue weighted by atomic mass is 10.2. The molecule has 0 radical (unpaired) electrons. The minimum atomic E-state index is -0.664. The molecule has 16 heavy (non-hydrogen) atoms. The molecule has 1 heterocycles. The quantitative estimate of drug-likeness (QED) is 0.360. The molecule has 0 atom stereocenters. The standard InChI is InChI=1S/C9H15ClN4O2/c1-9(2,3)16-8(15)14(11)7-6(4-10)5-12-13-7/h5H,4,11H2,1-3H3,(H,12,13). The van der Waals surface area contributed by atoms with Crippen LogP contribution in [0.5, 0.6) is 0 Å². The maximum atomic E-state index is 11.6. The zero-order chi connectivity index (χ0) is 12.3. The third-order valence-electron chi connectivity index (χ3n) is 1.67. The normalized spacial score (nSPS) is 11.3.